The summed E-state index contributed by atoms with van der Waals surface area (Å²) in [6, 6.07) is 1.78. The van der Waals surface area contributed by atoms with Gasteiger partial charge in [-0.3, -0.25) is 9.88 Å². The topological polar surface area (TPSA) is 37.4 Å². The van der Waals surface area contributed by atoms with E-state index in [1.165, 1.54) is 0 Å². The van der Waals surface area contributed by atoms with Crippen molar-refractivity contribution in [3.05, 3.63) is 23.5 Å². The summed E-state index contributed by atoms with van der Waals surface area (Å²) < 4.78 is 5.58. The van der Waals surface area contributed by atoms with Crippen molar-refractivity contribution in [1.82, 2.24) is 15.2 Å². The van der Waals surface area contributed by atoms with E-state index in [-0.39, 0.29) is 0 Å². The van der Waals surface area contributed by atoms with Crippen molar-refractivity contribution in [3.63, 3.8) is 0 Å². The molecule has 0 unspecified atom stereocenters. The van der Waals surface area contributed by atoms with Crippen LogP contribution in [0, 0.1) is 0 Å². The van der Waals surface area contributed by atoms with Gasteiger partial charge in [-0.1, -0.05) is 11.6 Å². The van der Waals surface area contributed by atoms with Crippen LogP contribution in [0.4, 0.5) is 0 Å². The number of halogens is 1. The minimum absolute atomic E-state index is 0.611. The Hall–Kier alpha value is -0.840. The summed E-state index contributed by atoms with van der Waals surface area (Å²) in [5, 5.41) is 3.93. The number of ether oxygens (including phenoxy) is 1. The summed E-state index contributed by atoms with van der Waals surface area (Å²) in [5.74, 6) is 0.739. The van der Waals surface area contributed by atoms with E-state index in [2.05, 4.69) is 15.2 Å². The molecule has 0 amide bonds. The maximum atomic E-state index is 5.81. The standard InChI is InChI=1S/C11H16ClN3O/c12-10-7-11(9-14-8-10)16-6-5-15-3-1-13-2-4-15/h7-9,13H,1-6H2. The van der Waals surface area contributed by atoms with E-state index in [0.29, 0.717) is 11.6 Å². The molecule has 4 nitrogen and oxygen atoms in total. The predicted octanol–water partition coefficient (Wildman–Crippen LogP) is 1.02. The fourth-order valence-electron chi connectivity index (χ4n) is 1.70. The van der Waals surface area contributed by atoms with Crippen LogP contribution in [-0.2, 0) is 0 Å². The van der Waals surface area contributed by atoms with Gasteiger partial charge < -0.3 is 10.1 Å². The zero-order valence-electron chi connectivity index (χ0n) is 9.16. The lowest BCUT2D eigenvalue weighted by molar-refractivity contribution is 0.191. The summed E-state index contributed by atoms with van der Waals surface area (Å²) in [7, 11) is 0. The average Bonchev–Trinajstić information content (AvgIpc) is 2.30. The Morgan fingerprint density at radius 3 is 2.94 bits per heavy atom. The highest BCUT2D eigenvalue weighted by atomic mass is 35.5. The van der Waals surface area contributed by atoms with Gasteiger partial charge in [-0.2, -0.15) is 0 Å². The monoisotopic (exact) mass is 241 g/mol. The molecule has 16 heavy (non-hydrogen) atoms. The van der Waals surface area contributed by atoms with Crippen LogP contribution in [0.3, 0.4) is 0 Å². The molecular weight excluding hydrogens is 226 g/mol. The Balaban J connectivity index is 1.71. The Bertz CT molecular complexity index is 329. The van der Waals surface area contributed by atoms with Crippen LogP contribution in [0.15, 0.2) is 18.5 Å². The van der Waals surface area contributed by atoms with Gasteiger partial charge >= 0.3 is 0 Å². The number of nitrogens with one attached hydrogen (secondary N) is 1. The van der Waals surface area contributed by atoms with Gasteiger partial charge in [0.25, 0.3) is 0 Å². The number of rotatable bonds is 4. The van der Waals surface area contributed by atoms with Crippen LogP contribution in [0.2, 0.25) is 5.02 Å². The number of hydrogen-bond acceptors (Lipinski definition) is 4. The third-order valence-corrected chi connectivity index (χ3v) is 2.77. The highest BCUT2D eigenvalue weighted by molar-refractivity contribution is 6.30. The highest BCUT2D eigenvalue weighted by Gasteiger charge is 2.08. The lowest BCUT2D eigenvalue weighted by Gasteiger charge is -2.26. The first kappa shape index (κ1) is 11.6. The van der Waals surface area contributed by atoms with Gasteiger partial charge in [0.1, 0.15) is 12.4 Å². The van der Waals surface area contributed by atoms with Crippen molar-refractivity contribution in [1.29, 1.82) is 0 Å². The molecule has 1 fully saturated rings. The fraction of sp³-hybridized carbons (Fsp3) is 0.545. The number of pyridine rings is 1. The van der Waals surface area contributed by atoms with Crippen molar-refractivity contribution in [3.8, 4) is 5.75 Å². The molecule has 1 aliphatic heterocycles. The molecule has 1 aliphatic rings. The minimum Gasteiger partial charge on any atom is -0.491 e. The predicted molar refractivity (Wildman–Crippen MR) is 64.1 cm³/mol. The van der Waals surface area contributed by atoms with Gasteiger partial charge in [0.2, 0.25) is 0 Å². The first-order chi connectivity index (χ1) is 7.84. The third-order valence-electron chi connectivity index (χ3n) is 2.57. The van der Waals surface area contributed by atoms with Gasteiger partial charge in [0.15, 0.2) is 0 Å². The lowest BCUT2D eigenvalue weighted by Crippen LogP contribution is -2.44. The Kier molecular flexibility index (Phi) is 4.39. The van der Waals surface area contributed by atoms with Crippen LogP contribution in [0.25, 0.3) is 0 Å². The number of piperazine rings is 1. The molecule has 0 saturated carbocycles. The fourth-order valence-corrected chi connectivity index (χ4v) is 1.86. The van der Waals surface area contributed by atoms with E-state index >= 15 is 0 Å². The number of aromatic nitrogens is 1. The molecule has 0 radical (unpaired) electrons. The average molecular weight is 242 g/mol. The maximum absolute atomic E-state index is 5.81. The molecule has 0 spiro atoms. The Labute approximate surface area is 101 Å². The second kappa shape index (κ2) is 6.03. The molecule has 1 N–H and O–H groups in total. The van der Waals surface area contributed by atoms with Gasteiger partial charge in [0, 0.05) is 45.0 Å². The van der Waals surface area contributed by atoms with Crippen LogP contribution in [0.5, 0.6) is 5.75 Å². The van der Waals surface area contributed by atoms with E-state index in [1.807, 2.05) is 0 Å². The zero-order chi connectivity index (χ0) is 11.2. The third kappa shape index (κ3) is 3.63. The highest BCUT2D eigenvalue weighted by Crippen LogP contribution is 2.14. The Morgan fingerprint density at radius 1 is 1.38 bits per heavy atom. The van der Waals surface area contributed by atoms with Gasteiger partial charge in [0.05, 0.1) is 11.2 Å². The lowest BCUT2D eigenvalue weighted by atomic mass is 10.3. The summed E-state index contributed by atoms with van der Waals surface area (Å²) in [4.78, 5) is 6.35. The molecule has 0 atom stereocenters. The van der Waals surface area contributed by atoms with Gasteiger partial charge in [-0.25, -0.2) is 0 Å². The second-order valence-electron chi connectivity index (χ2n) is 3.78. The van der Waals surface area contributed by atoms with E-state index in [1.54, 1.807) is 18.5 Å². The minimum atomic E-state index is 0.611. The van der Waals surface area contributed by atoms with E-state index in [0.717, 1.165) is 38.5 Å². The normalized spacial score (nSPS) is 17.3. The van der Waals surface area contributed by atoms with Crippen molar-refractivity contribution in [2.24, 2.45) is 0 Å². The molecule has 1 aromatic heterocycles. The summed E-state index contributed by atoms with van der Waals surface area (Å²) in [6.45, 7) is 5.96. The SMILES string of the molecule is Clc1cncc(OCCN2CCNCC2)c1. The van der Waals surface area contributed by atoms with Crippen LogP contribution in [-0.4, -0.2) is 49.2 Å². The summed E-state index contributed by atoms with van der Waals surface area (Å²) in [6.07, 6.45) is 3.29. The summed E-state index contributed by atoms with van der Waals surface area (Å²) in [5.41, 5.74) is 0. The van der Waals surface area contributed by atoms with Crippen molar-refractivity contribution in [2.45, 2.75) is 0 Å². The number of hydrogen-bond donors (Lipinski definition) is 1. The van der Waals surface area contributed by atoms with Crippen LogP contribution >= 0.6 is 11.6 Å². The molecule has 1 aromatic rings. The molecule has 2 rings (SSSR count). The smallest absolute Gasteiger partial charge is 0.139 e. The Morgan fingerprint density at radius 2 is 2.19 bits per heavy atom. The van der Waals surface area contributed by atoms with E-state index < -0.39 is 0 Å². The summed E-state index contributed by atoms with van der Waals surface area (Å²) >= 11 is 5.81. The largest absolute Gasteiger partial charge is 0.491 e. The molecule has 5 heteroatoms. The van der Waals surface area contributed by atoms with Crippen molar-refractivity contribution < 1.29 is 4.74 Å². The zero-order valence-corrected chi connectivity index (χ0v) is 9.91. The van der Waals surface area contributed by atoms with Crippen LogP contribution in [0.1, 0.15) is 0 Å². The second-order valence-corrected chi connectivity index (χ2v) is 4.22. The van der Waals surface area contributed by atoms with Gasteiger partial charge in [-0.05, 0) is 0 Å². The molecule has 0 aliphatic carbocycles. The first-order valence-corrected chi connectivity index (χ1v) is 5.89. The van der Waals surface area contributed by atoms with E-state index in [4.69, 9.17) is 16.3 Å². The van der Waals surface area contributed by atoms with Crippen molar-refractivity contribution >= 4 is 11.6 Å². The molecule has 0 aromatic carbocycles. The van der Waals surface area contributed by atoms with Gasteiger partial charge in [-0.15, -0.1) is 0 Å². The maximum Gasteiger partial charge on any atom is 0.139 e. The molecule has 2 heterocycles. The van der Waals surface area contributed by atoms with Crippen molar-refractivity contribution in [2.75, 3.05) is 39.3 Å². The molecule has 1 saturated heterocycles. The molecular formula is C11H16ClN3O. The quantitative estimate of drug-likeness (QED) is 0.854. The molecule has 0 bridgehead atoms. The first-order valence-electron chi connectivity index (χ1n) is 5.51. The number of nitrogens with zero attached hydrogens (tertiary/aromatic N) is 2. The van der Waals surface area contributed by atoms with Crippen LogP contribution < -0.4 is 10.1 Å². The molecule has 88 valence electrons. The van der Waals surface area contributed by atoms with E-state index in [9.17, 15) is 0 Å².